The largest absolute Gasteiger partial charge is 0.465 e. The van der Waals surface area contributed by atoms with Gasteiger partial charge in [-0.05, 0) is 25.7 Å². The summed E-state index contributed by atoms with van der Waals surface area (Å²) in [7, 11) is 0. The third kappa shape index (κ3) is 32.1. The molecule has 0 aliphatic carbocycles. The number of carbonyl (C=O) groups excluding carboxylic acids is 1. The summed E-state index contributed by atoms with van der Waals surface area (Å²) in [5.41, 5.74) is 0. The Kier molecular flexibility index (Phi) is 34.9. The van der Waals surface area contributed by atoms with Crippen molar-refractivity contribution in [2.24, 2.45) is 5.92 Å². The van der Waals surface area contributed by atoms with Gasteiger partial charge >= 0.3 is 5.97 Å². The minimum atomic E-state index is -0.0526. The summed E-state index contributed by atoms with van der Waals surface area (Å²) in [5.74, 6) is -0.0870. The fourth-order valence-corrected chi connectivity index (χ4v) is 4.87. The van der Waals surface area contributed by atoms with Crippen LogP contribution < -0.4 is 0 Å². The van der Waals surface area contributed by atoms with Gasteiger partial charge in [-0.2, -0.15) is 0 Å². The van der Waals surface area contributed by atoms with Crippen LogP contribution in [-0.2, 0) is 28.5 Å². The molecule has 0 bridgehead atoms. The molecule has 41 heavy (non-hydrogen) atoms. The van der Waals surface area contributed by atoms with E-state index in [0.29, 0.717) is 52.9 Å². The lowest BCUT2D eigenvalue weighted by atomic mass is 9.98. The third-order valence-electron chi connectivity index (χ3n) is 7.60. The van der Waals surface area contributed by atoms with E-state index in [9.17, 15) is 4.79 Å². The topological polar surface area (TPSA) is 63.2 Å². The van der Waals surface area contributed by atoms with Crippen LogP contribution in [0.5, 0.6) is 0 Å². The van der Waals surface area contributed by atoms with Gasteiger partial charge in [0.25, 0.3) is 0 Å². The van der Waals surface area contributed by atoms with Gasteiger partial charge in [-0.25, -0.2) is 0 Å². The van der Waals surface area contributed by atoms with Crippen molar-refractivity contribution in [3.63, 3.8) is 0 Å². The molecule has 0 spiro atoms. The van der Waals surface area contributed by atoms with E-state index >= 15 is 0 Å². The first-order chi connectivity index (χ1) is 20.3. The van der Waals surface area contributed by atoms with E-state index in [1.165, 1.54) is 96.3 Å². The van der Waals surface area contributed by atoms with E-state index in [-0.39, 0.29) is 11.9 Å². The van der Waals surface area contributed by atoms with E-state index in [1.54, 1.807) is 0 Å². The van der Waals surface area contributed by atoms with Crippen molar-refractivity contribution < 1.29 is 28.5 Å². The first-order valence-corrected chi connectivity index (χ1v) is 17.7. The summed E-state index contributed by atoms with van der Waals surface area (Å²) in [4.78, 5) is 12.7. The summed E-state index contributed by atoms with van der Waals surface area (Å²) in [5, 5.41) is 0. The van der Waals surface area contributed by atoms with Crippen LogP contribution in [0, 0.1) is 5.92 Å². The Labute approximate surface area is 255 Å². The molecular weight excluding hydrogens is 516 g/mol. The van der Waals surface area contributed by atoms with E-state index in [0.717, 1.165) is 45.1 Å². The van der Waals surface area contributed by atoms with Crippen molar-refractivity contribution in [1.29, 1.82) is 0 Å². The molecule has 246 valence electrons. The molecule has 0 radical (unpaired) electrons. The number of hydrogen-bond acceptors (Lipinski definition) is 6. The van der Waals surface area contributed by atoms with Gasteiger partial charge in [0.15, 0.2) is 0 Å². The summed E-state index contributed by atoms with van der Waals surface area (Å²) in [6.45, 7) is 12.2. The zero-order chi connectivity index (χ0) is 29.9. The van der Waals surface area contributed by atoms with Crippen LogP contribution in [0.4, 0.5) is 0 Å². The predicted octanol–water partition coefficient (Wildman–Crippen LogP) is 9.46. The monoisotopic (exact) mass is 587 g/mol. The third-order valence-corrected chi connectivity index (χ3v) is 7.60. The van der Waals surface area contributed by atoms with Crippen LogP contribution in [0.1, 0.15) is 156 Å². The molecule has 0 fully saturated rings. The molecule has 0 N–H and O–H groups in total. The fourth-order valence-electron chi connectivity index (χ4n) is 4.87. The van der Waals surface area contributed by atoms with Gasteiger partial charge in [0.1, 0.15) is 0 Å². The molecule has 0 saturated carbocycles. The summed E-state index contributed by atoms with van der Waals surface area (Å²) in [6.07, 6.45) is 25.5. The van der Waals surface area contributed by atoms with Gasteiger partial charge in [-0.1, -0.05) is 130 Å². The fraction of sp³-hybridized carbons (Fsp3) is 0.971. The molecule has 0 heterocycles. The van der Waals surface area contributed by atoms with E-state index in [4.69, 9.17) is 23.7 Å². The Morgan fingerprint density at radius 3 is 1.24 bits per heavy atom. The number of esters is 1. The number of rotatable bonds is 35. The van der Waals surface area contributed by atoms with Crippen LogP contribution in [-0.4, -0.2) is 65.4 Å². The molecule has 0 saturated heterocycles. The van der Waals surface area contributed by atoms with Gasteiger partial charge in [0.05, 0.1) is 52.2 Å². The molecule has 0 amide bonds. The Morgan fingerprint density at radius 2 is 0.756 bits per heavy atom. The minimum absolute atomic E-state index is 0.0344. The number of hydrogen-bond donors (Lipinski definition) is 0. The van der Waals surface area contributed by atoms with Crippen LogP contribution in [0.2, 0.25) is 0 Å². The van der Waals surface area contributed by atoms with Crippen molar-refractivity contribution in [3.05, 3.63) is 0 Å². The van der Waals surface area contributed by atoms with Gasteiger partial charge in [-0.3, -0.25) is 4.79 Å². The second-order valence-corrected chi connectivity index (χ2v) is 11.5. The smallest absolute Gasteiger partial charge is 0.309 e. The second-order valence-electron chi connectivity index (χ2n) is 11.5. The molecule has 6 nitrogen and oxygen atoms in total. The maximum atomic E-state index is 12.7. The van der Waals surface area contributed by atoms with Crippen molar-refractivity contribution >= 4 is 5.97 Å². The van der Waals surface area contributed by atoms with Gasteiger partial charge in [0.2, 0.25) is 0 Å². The normalized spacial score (nSPS) is 12.2. The SMILES string of the molecule is CCCCCCCCCCOC(=O)C(CCCCCC)CCOCCOCCOCCOCCCCCCCCC. The molecule has 0 aromatic heterocycles. The number of carbonyl (C=O) groups is 1. The average molecular weight is 587 g/mol. The second kappa shape index (κ2) is 35.5. The quantitative estimate of drug-likeness (QED) is 0.0544. The molecular formula is C35H70O6. The molecule has 0 aromatic carbocycles. The Hall–Kier alpha value is -0.690. The molecule has 1 unspecified atom stereocenters. The lowest BCUT2D eigenvalue weighted by Gasteiger charge is -2.16. The average Bonchev–Trinajstić information content (AvgIpc) is 2.98. The van der Waals surface area contributed by atoms with E-state index in [1.807, 2.05) is 0 Å². The highest BCUT2D eigenvalue weighted by Gasteiger charge is 2.19. The highest BCUT2D eigenvalue weighted by atomic mass is 16.6. The predicted molar refractivity (Wildman–Crippen MR) is 172 cm³/mol. The molecule has 1 atom stereocenters. The molecule has 6 heteroatoms. The van der Waals surface area contributed by atoms with E-state index < -0.39 is 0 Å². The maximum absolute atomic E-state index is 12.7. The number of ether oxygens (including phenoxy) is 5. The van der Waals surface area contributed by atoms with Crippen molar-refractivity contribution in [2.75, 3.05) is 59.5 Å². The molecule has 0 aliphatic heterocycles. The minimum Gasteiger partial charge on any atom is -0.465 e. The van der Waals surface area contributed by atoms with Crippen LogP contribution in [0.25, 0.3) is 0 Å². The Balaban J connectivity index is 3.69. The van der Waals surface area contributed by atoms with Crippen molar-refractivity contribution in [3.8, 4) is 0 Å². The van der Waals surface area contributed by atoms with Crippen molar-refractivity contribution in [2.45, 2.75) is 156 Å². The van der Waals surface area contributed by atoms with Gasteiger partial charge in [-0.15, -0.1) is 0 Å². The molecule has 0 rings (SSSR count). The zero-order valence-electron chi connectivity index (χ0n) is 27.7. The lowest BCUT2D eigenvalue weighted by molar-refractivity contribution is -0.149. The van der Waals surface area contributed by atoms with Gasteiger partial charge < -0.3 is 23.7 Å². The first kappa shape index (κ1) is 40.3. The Morgan fingerprint density at radius 1 is 0.390 bits per heavy atom. The van der Waals surface area contributed by atoms with Crippen molar-refractivity contribution in [1.82, 2.24) is 0 Å². The van der Waals surface area contributed by atoms with Gasteiger partial charge in [0, 0.05) is 13.2 Å². The highest BCUT2D eigenvalue weighted by Crippen LogP contribution is 2.17. The highest BCUT2D eigenvalue weighted by molar-refractivity contribution is 5.72. The summed E-state index contributed by atoms with van der Waals surface area (Å²) < 4.78 is 28.2. The van der Waals surface area contributed by atoms with Crippen LogP contribution in [0.15, 0.2) is 0 Å². The maximum Gasteiger partial charge on any atom is 0.309 e. The number of unbranched alkanes of at least 4 members (excludes halogenated alkanes) is 16. The Bertz CT molecular complexity index is 501. The molecule has 0 aliphatic rings. The standard InChI is InChI=1S/C35H70O6/c1-4-7-10-13-15-17-19-22-26-41-35(36)34(23-20-12-9-6-3)24-27-38-29-31-40-33-32-39-30-28-37-25-21-18-16-14-11-8-5-2/h34H,4-33H2,1-3H3. The lowest BCUT2D eigenvalue weighted by Crippen LogP contribution is -2.21. The molecule has 0 aromatic rings. The van der Waals surface area contributed by atoms with Crippen LogP contribution in [0.3, 0.4) is 0 Å². The van der Waals surface area contributed by atoms with E-state index in [2.05, 4.69) is 20.8 Å². The van der Waals surface area contributed by atoms with Crippen LogP contribution >= 0.6 is 0 Å². The summed E-state index contributed by atoms with van der Waals surface area (Å²) >= 11 is 0. The first-order valence-electron chi connectivity index (χ1n) is 17.7. The summed E-state index contributed by atoms with van der Waals surface area (Å²) in [6, 6.07) is 0. The zero-order valence-corrected chi connectivity index (χ0v) is 27.7.